The molecule has 4 heteroatoms. The summed E-state index contributed by atoms with van der Waals surface area (Å²) in [6.45, 7) is 0. The third-order valence-electron chi connectivity index (χ3n) is 2.94. The Morgan fingerprint density at radius 2 is 2.36 bits per heavy atom. The topological polar surface area (TPSA) is 63.8 Å². The van der Waals surface area contributed by atoms with Crippen LogP contribution in [0.4, 0.5) is 0 Å². The van der Waals surface area contributed by atoms with Crippen LogP contribution in [0, 0.1) is 5.92 Å². The van der Waals surface area contributed by atoms with Gasteiger partial charge in [-0.05, 0) is 12.3 Å². The molecular weight excluding hydrogens is 176 g/mol. The second-order valence-corrected chi connectivity index (χ2v) is 3.88. The van der Waals surface area contributed by atoms with Crippen molar-refractivity contribution in [3.8, 4) is 0 Å². The van der Waals surface area contributed by atoms with Crippen LogP contribution in [0.3, 0.4) is 0 Å². The average molecular weight is 192 g/mol. The molecule has 1 aromatic rings. The van der Waals surface area contributed by atoms with E-state index in [0.717, 1.165) is 18.0 Å². The van der Waals surface area contributed by atoms with E-state index in [2.05, 4.69) is 15.4 Å². The standard InChI is InChI=1S/C10H16N4/c11-14-9(6-8-2-1-3-8)10-7-12-4-5-13-10/h4-5,7-9,14H,1-3,6,11H2. The molecule has 1 aromatic heterocycles. The molecule has 0 spiro atoms. The van der Waals surface area contributed by atoms with Crippen molar-refractivity contribution in [2.45, 2.75) is 31.7 Å². The highest BCUT2D eigenvalue weighted by Gasteiger charge is 2.22. The summed E-state index contributed by atoms with van der Waals surface area (Å²) >= 11 is 0. The average Bonchev–Trinajstić information content (AvgIpc) is 2.18. The molecule has 0 radical (unpaired) electrons. The first-order valence-corrected chi connectivity index (χ1v) is 5.12. The van der Waals surface area contributed by atoms with Gasteiger partial charge in [0, 0.05) is 12.4 Å². The van der Waals surface area contributed by atoms with Crippen LogP contribution in [-0.4, -0.2) is 9.97 Å². The van der Waals surface area contributed by atoms with E-state index in [1.807, 2.05) is 0 Å². The Kier molecular flexibility index (Phi) is 3.06. The molecule has 0 saturated heterocycles. The summed E-state index contributed by atoms with van der Waals surface area (Å²) in [5.41, 5.74) is 3.76. The predicted octanol–water partition coefficient (Wildman–Crippen LogP) is 1.17. The highest BCUT2D eigenvalue weighted by Crippen LogP contribution is 2.33. The number of rotatable bonds is 4. The van der Waals surface area contributed by atoms with Crippen LogP contribution >= 0.6 is 0 Å². The minimum atomic E-state index is 0.161. The number of hydrazine groups is 1. The molecule has 0 aliphatic heterocycles. The highest BCUT2D eigenvalue weighted by molar-refractivity contribution is 5.02. The van der Waals surface area contributed by atoms with Gasteiger partial charge >= 0.3 is 0 Å². The SMILES string of the molecule is NNC(CC1CCC1)c1cnccn1. The lowest BCUT2D eigenvalue weighted by molar-refractivity contribution is 0.260. The molecule has 0 amide bonds. The fraction of sp³-hybridized carbons (Fsp3) is 0.600. The van der Waals surface area contributed by atoms with Gasteiger partial charge in [0.05, 0.1) is 17.9 Å². The Balaban J connectivity index is 1.98. The molecule has 3 N–H and O–H groups in total. The minimum absolute atomic E-state index is 0.161. The zero-order valence-electron chi connectivity index (χ0n) is 8.19. The largest absolute Gasteiger partial charge is 0.271 e. The van der Waals surface area contributed by atoms with Gasteiger partial charge in [0.25, 0.3) is 0 Å². The van der Waals surface area contributed by atoms with Crippen molar-refractivity contribution in [3.05, 3.63) is 24.3 Å². The van der Waals surface area contributed by atoms with Gasteiger partial charge in [0.2, 0.25) is 0 Å². The zero-order chi connectivity index (χ0) is 9.80. The molecule has 14 heavy (non-hydrogen) atoms. The van der Waals surface area contributed by atoms with Gasteiger partial charge in [-0.15, -0.1) is 0 Å². The van der Waals surface area contributed by atoms with E-state index in [4.69, 9.17) is 5.84 Å². The van der Waals surface area contributed by atoms with Crippen molar-refractivity contribution in [1.82, 2.24) is 15.4 Å². The first-order valence-electron chi connectivity index (χ1n) is 5.12. The van der Waals surface area contributed by atoms with Crippen molar-refractivity contribution >= 4 is 0 Å². The number of nitrogens with zero attached hydrogens (tertiary/aromatic N) is 2. The van der Waals surface area contributed by atoms with Crippen LogP contribution in [0.2, 0.25) is 0 Å². The number of hydrogen-bond donors (Lipinski definition) is 2. The van der Waals surface area contributed by atoms with Crippen molar-refractivity contribution in [1.29, 1.82) is 0 Å². The highest BCUT2D eigenvalue weighted by atomic mass is 15.2. The molecule has 2 rings (SSSR count). The molecule has 1 aliphatic rings. The molecule has 4 nitrogen and oxygen atoms in total. The van der Waals surface area contributed by atoms with Crippen molar-refractivity contribution in [3.63, 3.8) is 0 Å². The number of hydrogen-bond acceptors (Lipinski definition) is 4. The molecule has 1 saturated carbocycles. The van der Waals surface area contributed by atoms with E-state index in [1.165, 1.54) is 19.3 Å². The van der Waals surface area contributed by atoms with Crippen molar-refractivity contribution in [2.75, 3.05) is 0 Å². The third-order valence-corrected chi connectivity index (χ3v) is 2.94. The second-order valence-electron chi connectivity index (χ2n) is 3.88. The first-order chi connectivity index (χ1) is 6.90. The number of nitrogens with one attached hydrogen (secondary N) is 1. The second kappa shape index (κ2) is 4.48. The van der Waals surface area contributed by atoms with Gasteiger partial charge < -0.3 is 0 Å². The van der Waals surface area contributed by atoms with E-state index in [-0.39, 0.29) is 6.04 Å². The molecule has 0 aromatic carbocycles. The fourth-order valence-corrected chi connectivity index (χ4v) is 1.83. The number of aromatic nitrogens is 2. The maximum atomic E-state index is 5.51. The zero-order valence-corrected chi connectivity index (χ0v) is 8.19. The summed E-state index contributed by atoms with van der Waals surface area (Å²) in [6.07, 6.45) is 10.3. The predicted molar refractivity (Wildman–Crippen MR) is 54.1 cm³/mol. The molecular formula is C10H16N4. The molecule has 1 heterocycles. The normalized spacial score (nSPS) is 18.9. The monoisotopic (exact) mass is 192 g/mol. The third kappa shape index (κ3) is 2.08. The Hall–Kier alpha value is -1.00. The van der Waals surface area contributed by atoms with E-state index in [9.17, 15) is 0 Å². The van der Waals surface area contributed by atoms with E-state index < -0.39 is 0 Å². The Labute approximate surface area is 83.9 Å². The molecule has 1 atom stereocenters. The van der Waals surface area contributed by atoms with E-state index in [0.29, 0.717) is 0 Å². The van der Waals surface area contributed by atoms with Crippen LogP contribution < -0.4 is 11.3 Å². The van der Waals surface area contributed by atoms with E-state index >= 15 is 0 Å². The summed E-state index contributed by atoms with van der Waals surface area (Å²) < 4.78 is 0. The van der Waals surface area contributed by atoms with E-state index in [1.54, 1.807) is 18.6 Å². The summed E-state index contributed by atoms with van der Waals surface area (Å²) in [7, 11) is 0. The van der Waals surface area contributed by atoms with Crippen LogP contribution in [-0.2, 0) is 0 Å². The molecule has 1 fully saturated rings. The van der Waals surface area contributed by atoms with Crippen LogP contribution in [0.15, 0.2) is 18.6 Å². The van der Waals surface area contributed by atoms with Crippen LogP contribution in [0.1, 0.15) is 37.4 Å². The van der Waals surface area contributed by atoms with Gasteiger partial charge in [-0.25, -0.2) is 0 Å². The Bertz CT molecular complexity index is 271. The van der Waals surface area contributed by atoms with Gasteiger partial charge in [-0.2, -0.15) is 0 Å². The molecule has 1 aliphatic carbocycles. The van der Waals surface area contributed by atoms with Crippen molar-refractivity contribution in [2.24, 2.45) is 11.8 Å². The molecule has 1 unspecified atom stereocenters. The minimum Gasteiger partial charge on any atom is -0.271 e. The fourth-order valence-electron chi connectivity index (χ4n) is 1.83. The van der Waals surface area contributed by atoms with Gasteiger partial charge in [-0.1, -0.05) is 19.3 Å². The molecule has 0 bridgehead atoms. The van der Waals surface area contributed by atoms with Gasteiger partial charge in [0.1, 0.15) is 0 Å². The van der Waals surface area contributed by atoms with Crippen LogP contribution in [0.5, 0.6) is 0 Å². The maximum absolute atomic E-state index is 5.51. The summed E-state index contributed by atoms with van der Waals surface area (Å²) in [6, 6.07) is 0.161. The molecule has 76 valence electrons. The maximum Gasteiger partial charge on any atom is 0.0769 e. The lowest BCUT2D eigenvalue weighted by Crippen LogP contribution is -2.31. The van der Waals surface area contributed by atoms with Crippen LogP contribution in [0.25, 0.3) is 0 Å². The van der Waals surface area contributed by atoms with Gasteiger partial charge in [-0.3, -0.25) is 21.2 Å². The Morgan fingerprint density at radius 3 is 2.86 bits per heavy atom. The lowest BCUT2D eigenvalue weighted by atomic mass is 9.80. The summed E-state index contributed by atoms with van der Waals surface area (Å²) in [5.74, 6) is 6.33. The quantitative estimate of drug-likeness (QED) is 0.555. The first kappa shape index (κ1) is 9.55. The summed E-state index contributed by atoms with van der Waals surface area (Å²) in [4.78, 5) is 8.30. The smallest absolute Gasteiger partial charge is 0.0769 e. The number of nitrogens with two attached hydrogens (primary N) is 1. The summed E-state index contributed by atoms with van der Waals surface area (Å²) in [5, 5.41) is 0. The Morgan fingerprint density at radius 1 is 1.50 bits per heavy atom. The van der Waals surface area contributed by atoms with Crippen molar-refractivity contribution < 1.29 is 0 Å². The lowest BCUT2D eigenvalue weighted by Gasteiger charge is -2.28. The van der Waals surface area contributed by atoms with Gasteiger partial charge in [0.15, 0.2) is 0 Å².